The molecule has 1 saturated heterocycles. The maximum atomic E-state index is 11.9. The maximum Gasteiger partial charge on any atom is 0.410 e. The first-order chi connectivity index (χ1) is 10.5. The minimum atomic E-state index is -0.362. The lowest BCUT2D eigenvalue weighted by molar-refractivity contribution is -0.120. The van der Waals surface area contributed by atoms with Gasteiger partial charge in [-0.15, -0.1) is 0 Å². The molecule has 120 valence electrons. The Morgan fingerprint density at radius 3 is 2.68 bits per heavy atom. The van der Waals surface area contributed by atoms with Gasteiger partial charge in [0.25, 0.3) is 0 Å². The lowest BCUT2D eigenvalue weighted by atomic mass is 10.1. The maximum absolute atomic E-state index is 11.9. The number of benzene rings is 1. The second-order valence-corrected chi connectivity index (χ2v) is 5.06. The van der Waals surface area contributed by atoms with E-state index < -0.39 is 0 Å². The minimum Gasteiger partial charge on any atom is -0.493 e. The highest BCUT2D eigenvalue weighted by molar-refractivity contribution is 5.79. The summed E-state index contributed by atoms with van der Waals surface area (Å²) in [7, 11) is 4.77. The molecule has 1 aromatic rings. The predicted octanol–water partition coefficient (Wildman–Crippen LogP) is 0.813. The number of amides is 2. The summed E-state index contributed by atoms with van der Waals surface area (Å²) in [5.41, 5.74) is 0.815. The molecule has 1 unspecified atom stereocenters. The van der Waals surface area contributed by atoms with Crippen LogP contribution in [0.4, 0.5) is 4.79 Å². The van der Waals surface area contributed by atoms with Gasteiger partial charge >= 0.3 is 6.09 Å². The molecule has 1 aromatic carbocycles. The number of likely N-dealkylation sites (N-methyl/N-ethyl adjacent to an activating group) is 1. The van der Waals surface area contributed by atoms with Crippen LogP contribution in [0.3, 0.4) is 0 Å². The monoisotopic (exact) mass is 308 g/mol. The summed E-state index contributed by atoms with van der Waals surface area (Å²) in [6.45, 7) is 0.789. The summed E-state index contributed by atoms with van der Waals surface area (Å²) >= 11 is 0. The molecule has 0 bridgehead atoms. The third-order valence-electron chi connectivity index (χ3n) is 3.40. The van der Waals surface area contributed by atoms with E-state index in [1.54, 1.807) is 33.4 Å². The van der Waals surface area contributed by atoms with E-state index in [9.17, 15) is 9.59 Å². The van der Waals surface area contributed by atoms with Crippen LogP contribution in [0.2, 0.25) is 0 Å². The van der Waals surface area contributed by atoms with E-state index in [4.69, 9.17) is 14.2 Å². The molecule has 0 spiro atoms. The summed E-state index contributed by atoms with van der Waals surface area (Å²) in [6, 6.07) is 5.33. The predicted molar refractivity (Wildman–Crippen MR) is 79.2 cm³/mol. The number of carbonyl (C=O) groups excluding carboxylic acids is 2. The van der Waals surface area contributed by atoms with Crippen LogP contribution in [0.5, 0.6) is 11.5 Å². The Morgan fingerprint density at radius 1 is 1.36 bits per heavy atom. The molecule has 0 aliphatic carbocycles. The van der Waals surface area contributed by atoms with Crippen molar-refractivity contribution in [2.75, 3.05) is 34.4 Å². The number of nitrogens with one attached hydrogen (secondary N) is 1. The molecule has 1 N–H and O–H groups in total. The van der Waals surface area contributed by atoms with Crippen molar-refractivity contribution < 1.29 is 23.8 Å². The molecule has 0 saturated carbocycles. The molecule has 1 fully saturated rings. The molecule has 2 amide bonds. The summed E-state index contributed by atoms with van der Waals surface area (Å²) in [4.78, 5) is 24.6. The quantitative estimate of drug-likeness (QED) is 0.841. The van der Waals surface area contributed by atoms with E-state index in [0.29, 0.717) is 24.6 Å². The van der Waals surface area contributed by atoms with Gasteiger partial charge in [-0.2, -0.15) is 0 Å². The van der Waals surface area contributed by atoms with E-state index in [0.717, 1.165) is 5.56 Å². The molecule has 1 atom stereocenters. The zero-order chi connectivity index (χ0) is 16.1. The Morgan fingerprint density at radius 2 is 2.09 bits per heavy atom. The molecule has 2 rings (SSSR count). The Balaban J connectivity index is 1.86. The minimum absolute atomic E-state index is 0.141. The van der Waals surface area contributed by atoms with Crippen LogP contribution >= 0.6 is 0 Å². The average molecular weight is 308 g/mol. The van der Waals surface area contributed by atoms with Crippen LogP contribution < -0.4 is 14.8 Å². The van der Waals surface area contributed by atoms with Crippen molar-refractivity contribution in [1.29, 1.82) is 0 Å². The van der Waals surface area contributed by atoms with Gasteiger partial charge in [-0.25, -0.2) is 4.79 Å². The molecule has 7 heteroatoms. The van der Waals surface area contributed by atoms with Gasteiger partial charge in [0.1, 0.15) is 6.10 Å². The largest absolute Gasteiger partial charge is 0.493 e. The van der Waals surface area contributed by atoms with Crippen molar-refractivity contribution in [2.24, 2.45) is 0 Å². The molecule has 7 nitrogen and oxygen atoms in total. The van der Waals surface area contributed by atoms with Crippen molar-refractivity contribution in [1.82, 2.24) is 10.2 Å². The zero-order valence-corrected chi connectivity index (χ0v) is 12.9. The molecular formula is C15H20N2O5. The van der Waals surface area contributed by atoms with E-state index in [1.807, 2.05) is 6.07 Å². The second kappa shape index (κ2) is 7.02. The van der Waals surface area contributed by atoms with E-state index >= 15 is 0 Å². The van der Waals surface area contributed by atoms with Crippen LogP contribution in [0.25, 0.3) is 0 Å². The highest BCUT2D eigenvalue weighted by Gasteiger charge is 2.28. The smallest absolute Gasteiger partial charge is 0.410 e. The molecule has 1 aliphatic rings. The fraction of sp³-hybridized carbons (Fsp3) is 0.467. The summed E-state index contributed by atoms with van der Waals surface area (Å²) < 4.78 is 15.4. The van der Waals surface area contributed by atoms with Crippen LogP contribution in [0.15, 0.2) is 18.2 Å². The molecule has 1 aliphatic heterocycles. The van der Waals surface area contributed by atoms with Crippen molar-refractivity contribution in [3.8, 4) is 11.5 Å². The van der Waals surface area contributed by atoms with Crippen molar-refractivity contribution in [3.63, 3.8) is 0 Å². The SMILES string of the molecule is COc1ccc(CC(=O)NCC2CN(C)C(=O)O2)cc1OC. The highest BCUT2D eigenvalue weighted by Crippen LogP contribution is 2.27. The topological polar surface area (TPSA) is 77.1 Å². The molecule has 0 radical (unpaired) electrons. The number of cyclic esters (lactones) is 1. The first-order valence-electron chi connectivity index (χ1n) is 6.93. The van der Waals surface area contributed by atoms with Crippen LogP contribution in [-0.4, -0.2) is 57.4 Å². The average Bonchev–Trinajstić information content (AvgIpc) is 2.83. The summed E-state index contributed by atoms with van der Waals surface area (Å²) in [5.74, 6) is 1.06. The number of carbonyl (C=O) groups is 2. The Kier molecular flexibility index (Phi) is 5.08. The lowest BCUT2D eigenvalue weighted by Crippen LogP contribution is -2.35. The van der Waals surface area contributed by atoms with E-state index in [2.05, 4.69) is 5.32 Å². The van der Waals surface area contributed by atoms with Gasteiger partial charge in [-0.3, -0.25) is 4.79 Å². The fourth-order valence-corrected chi connectivity index (χ4v) is 2.22. The first-order valence-corrected chi connectivity index (χ1v) is 6.93. The summed E-state index contributed by atoms with van der Waals surface area (Å²) in [6.07, 6.45) is -0.442. The van der Waals surface area contributed by atoms with Gasteiger partial charge in [0, 0.05) is 7.05 Å². The van der Waals surface area contributed by atoms with Crippen molar-refractivity contribution >= 4 is 12.0 Å². The second-order valence-electron chi connectivity index (χ2n) is 5.06. The van der Waals surface area contributed by atoms with Gasteiger partial charge in [-0.05, 0) is 17.7 Å². The first kappa shape index (κ1) is 15.9. The highest BCUT2D eigenvalue weighted by atomic mass is 16.6. The van der Waals surface area contributed by atoms with Gasteiger partial charge in [0.15, 0.2) is 11.5 Å². The molecule has 0 aromatic heterocycles. The van der Waals surface area contributed by atoms with Crippen molar-refractivity contribution in [3.05, 3.63) is 23.8 Å². The number of ether oxygens (including phenoxy) is 3. The summed E-state index contributed by atoms with van der Waals surface area (Å²) in [5, 5.41) is 2.77. The van der Waals surface area contributed by atoms with E-state index in [-0.39, 0.29) is 24.5 Å². The van der Waals surface area contributed by atoms with Crippen LogP contribution in [-0.2, 0) is 16.0 Å². The zero-order valence-electron chi connectivity index (χ0n) is 12.9. The third kappa shape index (κ3) is 3.81. The number of hydrogen-bond acceptors (Lipinski definition) is 5. The van der Waals surface area contributed by atoms with Crippen molar-refractivity contribution in [2.45, 2.75) is 12.5 Å². The van der Waals surface area contributed by atoms with Gasteiger partial charge in [0.05, 0.1) is 33.7 Å². The van der Waals surface area contributed by atoms with Crippen LogP contribution in [0, 0.1) is 0 Å². The van der Waals surface area contributed by atoms with Gasteiger partial charge < -0.3 is 24.4 Å². The number of methoxy groups -OCH3 is 2. The normalized spacial score (nSPS) is 17.1. The fourth-order valence-electron chi connectivity index (χ4n) is 2.22. The van der Waals surface area contributed by atoms with Gasteiger partial charge in [0.2, 0.25) is 5.91 Å². The van der Waals surface area contributed by atoms with Gasteiger partial charge in [-0.1, -0.05) is 6.07 Å². The Bertz CT molecular complexity index is 561. The van der Waals surface area contributed by atoms with E-state index in [1.165, 1.54) is 4.90 Å². The lowest BCUT2D eigenvalue weighted by Gasteiger charge is -2.11. The molecule has 22 heavy (non-hydrogen) atoms. The number of nitrogens with zero attached hydrogens (tertiary/aromatic N) is 1. The number of rotatable bonds is 6. The number of hydrogen-bond donors (Lipinski definition) is 1. The molecular weight excluding hydrogens is 288 g/mol. The molecule has 1 heterocycles. The third-order valence-corrected chi connectivity index (χ3v) is 3.40. The van der Waals surface area contributed by atoms with Crippen LogP contribution in [0.1, 0.15) is 5.56 Å². The Labute approximate surface area is 129 Å². The standard InChI is InChI=1S/C15H20N2O5/c1-17-9-11(22-15(17)19)8-16-14(18)7-10-4-5-12(20-2)13(6-10)21-3/h4-6,11H,7-9H2,1-3H3,(H,16,18). The Hall–Kier alpha value is -2.44.